The van der Waals surface area contributed by atoms with E-state index >= 15 is 0 Å². The molecule has 0 radical (unpaired) electrons. The Morgan fingerprint density at radius 3 is 2.55 bits per heavy atom. The molecule has 1 amide bonds. The molecule has 0 aliphatic heterocycles. The fourth-order valence-electron chi connectivity index (χ4n) is 2.70. The lowest BCUT2D eigenvalue weighted by Gasteiger charge is -2.12. The summed E-state index contributed by atoms with van der Waals surface area (Å²) >= 11 is 0. The van der Waals surface area contributed by atoms with Gasteiger partial charge in [0.05, 0.1) is 14.2 Å². The molecule has 0 heterocycles. The Kier molecular flexibility index (Phi) is 5.27. The van der Waals surface area contributed by atoms with Crippen molar-refractivity contribution in [2.75, 3.05) is 20.8 Å². The average Bonchev–Trinajstić information content (AvgIpc) is 3.01. The maximum absolute atomic E-state index is 11.9. The van der Waals surface area contributed by atoms with E-state index in [0.717, 1.165) is 36.3 Å². The third-order valence-electron chi connectivity index (χ3n) is 3.89. The number of amides is 1. The van der Waals surface area contributed by atoms with Crippen LogP contribution in [0.25, 0.3) is 0 Å². The molecule has 1 aliphatic rings. The molecule has 0 bridgehead atoms. The Bertz CT molecular complexity index is 453. The highest BCUT2D eigenvalue weighted by atomic mass is 16.5. The molecule has 4 heteroatoms. The van der Waals surface area contributed by atoms with Gasteiger partial charge in [-0.05, 0) is 37.0 Å². The number of rotatable bonds is 6. The van der Waals surface area contributed by atoms with Gasteiger partial charge in [-0.2, -0.15) is 0 Å². The van der Waals surface area contributed by atoms with Crippen molar-refractivity contribution in [1.29, 1.82) is 0 Å². The maximum Gasteiger partial charge on any atom is 0.223 e. The minimum atomic E-state index is 0.211. The third kappa shape index (κ3) is 3.65. The van der Waals surface area contributed by atoms with Crippen molar-refractivity contribution in [3.8, 4) is 11.5 Å². The summed E-state index contributed by atoms with van der Waals surface area (Å²) < 4.78 is 10.5. The van der Waals surface area contributed by atoms with Crippen LogP contribution in [0.2, 0.25) is 0 Å². The number of carbonyl (C=O) groups is 1. The summed E-state index contributed by atoms with van der Waals surface area (Å²) in [6, 6.07) is 5.86. The lowest BCUT2D eigenvalue weighted by molar-refractivity contribution is -0.124. The van der Waals surface area contributed by atoms with Crippen LogP contribution in [0.15, 0.2) is 18.2 Å². The van der Waals surface area contributed by atoms with Gasteiger partial charge in [-0.25, -0.2) is 0 Å². The van der Waals surface area contributed by atoms with Gasteiger partial charge in [0.1, 0.15) is 0 Å². The van der Waals surface area contributed by atoms with Gasteiger partial charge in [-0.1, -0.05) is 18.9 Å². The SMILES string of the molecule is COc1ccc(CCNC(=O)C2CCCC2)cc1OC. The van der Waals surface area contributed by atoms with Crippen LogP contribution in [0.4, 0.5) is 0 Å². The normalized spacial score (nSPS) is 15.1. The van der Waals surface area contributed by atoms with E-state index in [9.17, 15) is 4.79 Å². The lowest BCUT2D eigenvalue weighted by atomic mass is 10.1. The lowest BCUT2D eigenvalue weighted by Crippen LogP contribution is -2.30. The molecule has 1 N–H and O–H groups in total. The maximum atomic E-state index is 11.9. The first kappa shape index (κ1) is 14.7. The number of carbonyl (C=O) groups excluding carboxylic acids is 1. The summed E-state index contributed by atoms with van der Waals surface area (Å²) in [5.41, 5.74) is 1.13. The summed E-state index contributed by atoms with van der Waals surface area (Å²) in [5, 5.41) is 3.03. The van der Waals surface area contributed by atoms with E-state index < -0.39 is 0 Å². The average molecular weight is 277 g/mol. The number of hydrogen-bond acceptors (Lipinski definition) is 3. The molecule has 0 spiro atoms. The van der Waals surface area contributed by atoms with Gasteiger partial charge in [0.2, 0.25) is 5.91 Å². The Labute approximate surface area is 120 Å². The minimum Gasteiger partial charge on any atom is -0.493 e. The molecule has 0 saturated heterocycles. The molecular formula is C16H23NO3. The first-order chi connectivity index (χ1) is 9.74. The molecule has 2 rings (SSSR count). The number of hydrogen-bond donors (Lipinski definition) is 1. The summed E-state index contributed by atoms with van der Waals surface area (Å²) in [6.07, 6.45) is 5.27. The van der Waals surface area contributed by atoms with Crippen LogP contribution in [-0.2, 0) is 11.2 Å². The largest absolute Gasteiger partial charge is 0.493 e. The number of methoxy groups -OCH3 is 2. The minimum absolute atomic E-state index is 0.211. The number of benzene rings is 1. The van der Waals surface area contributed by atoms with Crippen molar-refractivity contribution in [3.63, 3.8) is 0 Å². The van der Waals surface area contributed by atoms with E-state index in [1.54, 1.807) is 14.2 Å². The Balaban J connectivity index is 1.83. The van der Waals surface area contributed by atoms with Crippen molar-refractivity contribution in [2.24, 2.45) is 5.92 Å². The zero-order valence-electron chi connectivity index (χ0n) is 12.3. The summed E-state index contributed by atoms with van der Waals surface area (Å²) in [6.45, 7) is 0.671. The fourth-order valence-corrected chi connectivity index (χ4v) is 2.70. The molecule has 4 nitrogen and oxygen atoms in total. The number of ether oxygens (including phenoxy) is 2. The van der Waals surface area contributed by atoms with Gasteiger partial charge in [-0.3, -0.25) is 4.79 Å². The zero-order valence-corrected chi connectivity index (χ0v) is 12.3. The topological polar surface area (TPSA) is 47.6 Å². The molecule has 1 aromatic carbocycles. The van der Waals surface area contributed by atoms with Crippen LogP contribution in [0.3, 0.4) is 0 Å². The van der Waals surface area contributed by atoms with Crippen LogP contribution in [0.1, 0.15) is 31.2 Å². The van der Waals surface area contributed by atoms with Crippen LogP contribution in [-0.4, -0.2) is 26.7 Å². The second-order valence-electron chi connectivity index (χ2n) is 5.21. The first-order valence-corrected chi connectivity index (χ1v) is 7.23. The molecular weight excluding hydrogens is 254 g/mol. The van der Waals surface area contributed by atoms with Gasteiger partial charge in [0.15, 0.2) is 11.5 Å². The van der Waals surface area contributed by atoms with E-state index in [2.05, 4.69) is 5.32 Å². The van der Waals surface area contributed by atoms with Crippen LogP contribution in [0.5, 0.6) is 11.5 Å². The van der Waals surface area contributed by atoms with E-state index in [1.807, 2.05) is 18.2 Å². The van der Waals surface area contributed by atoms with Crippen molar-refractivity contribution in [2.45, 2.75) is 32.1 Å². The van der Waals surface area contributed by atoms with Gasteiger partial charge >= 0.3 is 0 Å². The second-order valence-corrected chi connectivity index (χ2v) is 5.21. The summed E-state index contributed by atoms with van der Waals surface area (Å²) in [5.74, 6) is 1.90. The predicted molar refractivity (Wildman–Crippen MR) is 78.2 cm³/mol. The molecule has 110 valence electrons. The third-order valence-corrected chi connectivity index (χ3v) is 3.89. The van der Waals surface area contributed by atoms with E-state index in [-0.39, 0.29) is 11.8 Å². The Hall–Kier alpha value is -1.71. The molecule has 1 fully saturated rings. The van der Waals surface area contributed by atoms with Gasteiger partial charge < -0.3 is 14.8 Å². The summed E-state index contributed by atoms with van der Waals surface area (Å²) in [7, 11) is 3.25. The zero-order chi connectivity index (χ0) is 14.4. The van der Waals surface area contributed by atoms with Crippen LogP contribution in [0, 0.1) is 5.92 Å². The van der Waals surface area contributed by atoms with Gasteiger partial charge in [0.25, 0.3) is 0 Å². The highest BCUT2D eigenvalue weighted by molar-refractivity contribution is 5.78. The highest BCUT2D eigenvalue weighted by Gasteiger charge is 2.21. The molecule has 1 aliphatic carbocycles. The van der Waals surface area contributed by atoms with Crippen LogP contribution < -0.4 is 14.8 Å². The second kappa shape index (κ2) is 7.17. The Morgan fingerprint density at radius 1 is 1.20 bits per heavy atom. The first-order valence-electron chi connectivity index (χ1n) is 7.23. The monoisotopic (exact) mass is 277 g/mol. The predicted octanol–water partition coefficient (Wildman–Crippen LogP) is 2.55. The molecule has 20 heavy (non-hydrogen) atoms. The van der Waals surface area contributed by atoms with Gasteiger partial charge in [0, 0.05) is 12.5 Å². The molecule has 1 aromatic rings. The summed E-state index contributed by atoms with van der Waals surface area (Å²) in [4.78, 5) is 11.9. The van der Waals surface area contributed by atoms with Crippen molar-refractivity contribution in [3.05, 3.63) is 23.8 Å². The molecule has 0 unspecified atom stereocenters. The Morgan fingerprint density at radius 2 is 1.90 bits per heavy atom. The van der Waals surface area contributed by atoms with Gasteiger partial charge in [-0.15, -0.1) is 0 Å². The highest BCUT2D eigenvalue weighted by Crippen LogP contribution is 2.27. The van der Waals surface area contributed by atoms with E-state index in [4.69, 9.17) is 9.47 Å². The van der Waals surface area contributed by atoms with Crippen molar-refractivity contribution in [1.82, 2.24) is 5.32 Å². The van der Waals surface area contributed by atoms with E-state index in [0.29, 0.717) is 6.54 Å². The van der Waals surface area contributed by atoms with Crippen molar-refractivity contribution >= 4 is 5.91 Å². The smallest absolute Gasteiger partial charge is 0.223 e. The quantitative estimate of drug-likeness (QED) is 0.869. The van der Waals surface area contributed by atoms with E-state index in [1.165, 1.54) is 12.8 Å². The van der Waals surface area contributed by atoms with Crippen LogP contribution >= 0.6 is 0 Å². The molecule has 0 aromatic heterocycles. The standard InChI is InChI=1S/C16H23NO3/c1-19-14-8-7-12(11-15(14)20-2)9-10-17-16(18)13-5-3-4-6-13/h7-8,11,13H,3-6,9-10H2,1-2H3,(H,17,18). The van der Waals surface area contributed by atoms with Crippen molar-refractivity contribution < 1.29 is 14.3 Å². The molecule has 1 saturated carbocycles. The number of nitrogens with one attached hydrogen (secondary N) is 1. The fraction of sp³-hybridized carbons (Fsp3) is 0.562. The molecule has 0 atom stereocenters.